The van der Waals surface area contributed by atoms with Gasteiger partial charge in [-0.1, -0.05) is 76.6 Å². The average Bonchev–Trinajstić information content (AvgIpc) is 3.37. The third-order valence-electron chi connectivity index (χ3n) is 8.16. The molecule has 2 aliphatic heterocycles. The largest absolute Gasteiger partial charge is 0.335 e. The molecule has 2 saturated heterocycles. The maximum Gasteiger partial charge on any atom is 0.335 e. The minimum absolute atomic E-state index is 0.0612. The normalized spacial score (nSPS) is 29.7. The minimum atomic E-state index is -1.73. The molecule has 2 fully saturated rings. The molecule has 0 aromatic heterocycles. The lowest BCUT2D eigenvalue weighted by Gasteiger charge is -2.52. The first-order valence-electron chi connectivity index (χ1n) is 13.1. The van der Waals surface area contributed by atoms with Gasteiger partial charge in [-0.25, -0.2) is 4.79 Å². The number of benzene rings is 2. The summed E-state index contributed by atoms with van der Waals surface area (Å²) in [6, 6.07) is 18.5. The van der Waals surface area contributed by atoms with Crippen molar-refractivity contribution < 1.29 is 33.6 Å². The smallest absolute Gasteiger partial charge is 0.330 e. The number of likely N-dealkylation sites (tertiary alicyclic amines) is 1. The van der Waals surface area contributed by atoms with E-state index in [1.807, 2.05) is 60.7 Å². The van der Waals surface area contributed by atoms with Gasteiger partial charge in [0.05, 0.1) is 17.8 Å². The van der Waals surface area contributed by atoms with Gasteiger partial charge < -0.3 is 9.63 Å². The number of carbonyl (C=O) groups is 6. The highest BCUT2D eigenvalue weighted by atomic mass is 79.9. The molecule has 41 heavy (non-hydrogen) atoms. The van der Waals surface area contributed by atoms with E-state index in [2.05, 4.69) is 15.9 Å². The number of halogens is 1. The van der Waals surface area contributed by atoms with Gasteiger partial charge in [-0.2, -0.15) is 12.6 Å². The highest BCUT2D eigenvalue weighted by Crippen LogP contribution is 2.67. The van der Waals surface area contributed by atoms with Crippen LogP contribution in [0.4, 0.5) is 0 Å². The molecule has 3 aliphatic rings. The number of amides is 4. The van der Waals surface area contributed by atoms with Gasteiger partial charge in [0, 0.05) is 24.1 Å². The lowest BCUT2D eigenvalue weighted by molar-refractivity contribution is -0.197. The summed E-state index contributed by atoms with van der Waals surface area (Å²) in [5.41, 5.74) is 1.09. The predicted molar refractivity (Wildman–Crippen MR) is 155 cm³/mol. The minimum Gasteiger partial charge on any atom is -0.330 e. The number of rotatable bonds is 7. The summed E-state index contributed by atoms with van der Waals surface area (Å²) in [7, 11) is 0. The number of nitrogens with zero attached hydrogens (tertiary/aromatic N) is 2. The van der Waals surface area contributed by atoms with Crippen molar-refractivity contribution in [2.24, 2.45) is 11.3 Å². The second-order valence-electron chi connectivity index (χ2n) is 10.7. The van der Waals surface area contributed by atoms with Gasteiger partial charge in [0.15, 0.2) is 0 Å². The third kappa shape index (κ3) is 4.28. The monoisotopic (exact) mass is 638 g/mol. The standard InChI is InChI=1S/C30H27BrN2O7S/c1-28(17-34)23(18-9-5-3-6-10-18)24(19-11-7-4-8-12-19)29(2,41)25-26(38)32(27(39)30(25,28)31)16-15-22(37)40-33-20(35)13-14-21(33)36/h3-12,17,25,41H,13-16H2,1-2H3. The van der Waals surface area contributed by atoms with E-state index in [4.69, 9.17) is 17.5 Å². The first-order valence-corrected chi connectivity index (χ1v) is 14.3. The van der Waals surface area contributed by atoms with Crippen LogP contribution in [-0.4, -0.2) is 61.5 Å². The summed E-state index contributed by atoms with van der Waals surface area (Å²) in [6.07, 6.45) is 0.106. The molecule has 11 heteroatoms. The van der Waals surface area contributed by atoms with Crippen LogP contribution >= 0.6 is 28.6 Å². The fourth-order valence-electron chi connectivity index (χ4n) is 6.19. The van der Waals surface area contributed by atoms with Gasteiger partial charge in [0.25, 0.3) is 11.8 Å². The van der Waals surface area contributed by atoms with Gasteiger partial charge in [-0.05, 0) is 36.1 Å². The van der Waals surface area contributed by atoms with E-state index < -0.39 is 56.4 Å². The van der Waals surface area contributed by atoms with Crippen molar-refractivity contribution >= 4 is 75.6 Å². The molecule has 0 bridgehead atoms. The first-order chi connectivity index (χ1) is 19.4. The maximum absolute atomic E-state index is 14.2. The molecule has 2 aromatic rings. The van der Waals surface area contributed by atoms with Gasteiger partial charge in [-0.15, -0.1) is 5.06 Å². The predicted octanol–water partition coefficient (Wildman–Crippen LogP) is 3.62. The summed E-state index contributed by atoms with van der Waals surface area (Å²) < 4.78 is -2.99. The molecule has 1 aliphatic carbocycles. The number of alkyl halides is 1. The molecule has 212 valence electrons. The molecule has 0 N–H and O–H groups in total. The summed E-state index contributed by atoms with van der Waals surface area (Å²) in [4.78, 5) is 83.5. The molecule has 0 radical (unpaired) electrons. The van der Waals surface area contributed by atoms with E-state index in [1.54, 1.807) is 13.8 Å². The topological polar surface area (TPSA) is 118 Å². The van der Waals surface area contributed by atoms with Crippen LogP contribution < -0.4 is 0 Å². The number of allylic oxidation sites excluding steroid dienone is 1. The van der Waals surface area contributed by atoms with Crippen LogP contribution in [0.3, 0.4) is 0 Å². The lowest BCUT2D eigenvalue weighted by atomic mass is 9.55. The molecular formula is C30H27BrN2O7S. The number of thiol groups is 1. The SMILES string of the molecule is CC1(S)C(c2ccccc2)=C(c2ccccc2)C(C)(C=O)C2(Br)C(=O)N(CCC(=O)ON3C(=O)CCC3=O)C(=O)C12. The van der Waals surface area contributed by atoms with Crippen LogP contribution in [0, 0.1) is 11.3 Å². The van der Waals surface area contributed by atoms with Crippen LogP contribution in [0.25, 0.3) is 11.1 Å². The Morgan fingerprint density at radius 2 is 1.46 bits per heavy atom. The number of hydrogen-bond donors (Lipinski definition) is 1. The number of carbonyl (C=O) groups excluding carboxylic acids is 6. The third-order valence-corrected chi connectivity index (χ3v) is 10.3. The van der Waals surface area contributed by atoms with E-state index in [-0.39, 0.29) is 19.4 Å². The number of aldehydes is 1. The molecule has 0 spiro atoms. The number of hydrogen-bond acceptors (Lipinski definition) is 8. The van der Waals surface area contributed by atoms with Crippen LogP contribution in [-0.2, 0) is 33.6 Å². The zero-order valence-electron chi connectivity index (χ0n) is 22.3. The molecule has 4 amide bonds. The van der Waals surface area contributed by atoms with Crippen molar-refractivity contribution in [3.63, 3.8) is 0 Å². The first kappa shape index (κ1) is 28.9. The number of imide groups is 2. The van der Waals surface area contributed by atoms with Crippen LogP contribution in [0.2, 0.25) is 0 Å². The Morgan fingerprint density at radius 1 is 0.951 bits per heavy atom. The van der Waals surface area contributed by atoms with E-state index in [1.165, 1.54) is 0 Å². The summed E-state index contributed by atoms with van der Waals surface area (Å²) in [5.74, 6) is -4.66. The lowest BCUT2D eigenvalue weighted by Crippen LogP contribution is -2.61. The molecule has 5 rings (SSSR count). The fourth-order valence-corrected chi connectivity index (χ4v) is 8.07. The highest BCUT2D eigenvalue weighted by molar-refractivity contribution is 9.10. The van der Waals surface area contributed by atoms with Crippen LogP contribution in [0.1, 0.15) is 44.2 Å². The van der Waals surface area contributed by atoms with Crippen molar-refractivity contribution in [3.8, 4) is 0 Å². The second-order valence-corrected chi connectivity index (χ2v) is 12.9. The van der Waals surface area contributed by atoms with Gasteiger partial charge in [0.1, 0.15) is 10.6 Å². The van der Waals surface area contributed by atoms with Gasteiger partial charge >= 0.3 is 5.97 Å². The molecule has 9 nitrogen and oxygen atoms in total. The molecule has 2 aromatic carbocycles. The highest BCUT2D eigenvalue weighted by Gasteiger charge is 2.74. The van der Waals surface area contributed by atoms with E-state index in [0.29, 0.717) is 28.1 Å². The number of fused-ring (bicyclic) bond motifs is 1. The summed E-state index contributed by atoms with van der Waals surface area (Å²) in [6.45, 7) is 3.00. The van der Waals surface area contributed by atoms with E-state index in [0.717, 1.165) is 10.5 Å². The summed E-state index contributed by atoms with van der Waals surface area (Å²) in [5, 5.41) is 0.415. The molecule has 4 atom stereocenters. The average molecular weight is 640 g/mol. The Labute approximate surface area is 250 Å². The molecule has 0 saturated carbocycles. The molecular weight excluding hydrogens is 612 g/mol. The van der Waals surface area contributed by atoms with Crippen molar-refractivity contribution in [1.82, 2.24) is 9.96 Å². The molecule has 2 heterocycles. The van der Waals surface area contributed by atoms with Crippen molar-refractivity contribution in [2.45, 2.75) is 42.2 Å². The zero-order valence-corrected chi connectivity index (χ0v) is 24.8. The van der Waals surface area contributed by atoms with Crippen molar-refractivity contribution in [3.05, 3.63) is 71.8 Å². The fraction of sp³-hybridized carbons (Fsp3) is 0.333. The van der Waals surface area contributed by atoms with Crippen molar-refractivity contribution in [1.29, 1.82) is 0 Å². The second kappa shape index (κ2) is 10.4. The Hall–Kier alpha value is -3.57. The van der Waals surface area contributed by atoms with Gasteiger partial charge in [0.2, 0.25) is 11.8 Å². The Bertz CT molecular complexity index is 1490. The van der Waals surface area contributed by atoms with Crippen LogP contribution in [0.15, 0.2) is 60.7 Å². The Balaban J connectivity index is 1.59. The number of hydroxylamine groups is 2. The van der Waals surface area contributed by atoms with Crippen LogP contribution in [0.5, 0.6) is 0 Å². The quantitative estimate of drug-likeness (QED) is 0.213. The zero-order chi connectivity index (χ0) is 29.7. The van der Waals surface area contributed by atoms with E-state index in [9.17, 15) is 28.8 Å². The van der Waals surface area contributed by atoms with Gasteiger partial charge in [-0.3, -0.25) is 24.1 Å². The molecule has 4 unspecified atom stereocenters. The summed E-state index contributed by atoms with van der Waals surface area (Å²) >= 11 is 8.67. The van der Waals surface area contributed by atoms with Crippen molar-refractivity contribution in [2.75, 3.05) is 6.54 Å². The maximum atomic E-state index is 14.2. The Kier molecular flexibility index (Phi) is 7.31. The van der Waals surface area contributed by atoms with E-state index >= 15 is 0 Å². The Morgan fingerprint density at radius 3 is 1.98 bits per heavy atom.